The van der Waals surface area contributed by atoms with Crippen LogP contribution in [0.1, 0.15) is 16.2 Å². The van der Waals surface area contributed by atoms with Crippen molar-refractivity contribution in [3.05, 3.63) is 54.2 Å². The van der Waals surface area contributed by atoms with Gasteiger partial charge in [0.1, 0.15) is 12.1 Å². The average Bonchev–Trinajstić information content (AvgIpc) is 2.99. The van der Waals surface area contributed by atoms with Gasteiger partial charge in [0.15, 0.2) is 12.4 Å². The van der Waals surface area contributed by atoms with E-state index in [1.807, 2.05) is 24.3 Å². The molecule has 20 heavy (non-hydrogen) atoms. The zero-order valence-corrected chi connectivity index (χ0v) is 10.4. The predicted octanol–water partition coefficient (Wildman–Crippen LogP) is 2.16. The maximum atomic E-state index is 11.7. The number of hydrogen-bond donors (Lipinski definition) is 1. The number of esters is 1. The molecular weight excluding hydrogens is 258 g/mol. The average molecular weight is 269 g/mol. The summed E-state index contributed by atoms with van der Waals surface area (Å²) in [6.07, 6.45) is 2.72. The highest BCUT2D eigenvalue weighted by Crippen LogP contribution is 2.17. The molecule has 0 saturated carbocycles. The van der Waals surface area contributed by atoms with Crippen LogP contribution in [0, 0.1) is 0 Å². The van der Waals surface area contributed by atoms with Crippen molar-refractivity contribution in [2.24, 2.45) is 0 Å². The first kappa shape index (κ1) is 12.2. The quantitative estimate of drug-likeness (QED) is 0.732. The molecule has 3 aromatic rings. The van der Waals surface area contributed by atoms with E-state index in [0.717, 1.165) is 10.9 Å². The van der Waals surface area contributed by atoms with Crippen LogP contribution in [0.5, 0.6) is 0 Å². The lowest BCUT2D eigenvalue weighted by atomic mass is 10.2. The number of hydrogen-bond acceptors (Lipinski definition) is 6. The number of fused-ring (bicyclic) bond motifs is 1. The van der Waals surface area contributed by atoms with E-state index in [0.29, 0.717) is 17.2 Å². The predicted molar refractivity (Wildman–Crippen MR) is 71.8 cm³/mol. The minimum Gasteiger partial charge on any atom is -0.472 e. The third kappa shape index (κ3) is 2.31. The van der Waals surface area contributed by atoms with E-state index >= 15 is 0 Å². The molecule has 0 bridgehead atoms. The van der Waals surface area contributed by atoms with Crippen LogP contribution in [0.25, 0.3) is 10.9 Å². The molecule has 2 N–H and O–H groups in total. The van der Waals surface area contributed by atoms with E-state index in [1.54, 1.807) is 0 Å². The molecule has 6 nitrogen and oxygen atoms in total. The summed E-state index contributed by atoms with van der Waals surface area (Å²) in [4.78, 5) is 20.1. The van der Waals surface area contributed by atoms with Crippen molar-refractivity contribution in [3.63, 3.8) is 0 Å². The maximum Gasteiger partial charge on any atom is 0.341 e. The number of carbonyl (C=O) groups is 1. The van der Waals surface area contributed by atoms with Crippen molar-refractivity contribution in [2.75, 3.05) is 5.73 Å². The standard InChI is InChI=1S/C14H11N3O3/c15-13-10-3-1-2-4-11(10)16-12(17-13)8-20-14(18)9-5-6-19-7-9/h1-7H,8H2,(H2,15,16,17). The second kappa shape index (κ2) is 5.00. The number of nitrogen functional groups attached to an aromatic ring is 1. The van der Waals surface area contributed by atoms with Gasteiger partial charge in [-0.2, -0.15) is 0 Å². The van der Waals surface area contributed by atoms with Gasteiger partial charge in [0.2, 0.25) is 0 Å². The molecule has 0 aliphatic rings. The number of nitrogens with zero attached hydrogens (tertiary/aromatic N) is 2. The molecule has 1 aromatic carbocycles. The second-order valence-corrected chi connectivity index (χ2v) is 4.13. The van der Waals surface area contributed by atoms with Crippen molar-refractivity contribution < 1.29 is 13.9 Å². The molecule has 0 saturated heterocycles. The Morgan fingerprint density at radius 2 is 2.10 bits per heavy atom. The summed E-state index contributed by atoms with van der Waals surface area (Å²) in [5.74, 6) is 0.233. The van der Waals surface area contributed by atoms with Crippen molar-refractivity contribution in [2.45, 2.75) is 6.61 Å². The fourth-order valence-electron chi connectivity index (χ4n) is 1.81. The highest BCUT2D eigenvalue weighted by Gasteiger charge is 2.11. The molecule has 0 unspecified atom stereocenters. The number of ether oxygens (including phenoxy) is 1. The number of benzene rings is 1. The van der Waals surface area contributed by atoms with Crippen LogP contribution in [-0.2, 0) is 11.3 Å². The van der Waals surface area contributed by atoms with Crippen LogP contribution in [0.3, 0.4) is 0 Å². The van der Waals surface area contributed by atoms with Gasteiger partial charge < -0.3 is 14.9 Å². The summed E-state index contributed by atoms with van der Waals surface area (Å²) in [7, 11) is 0. The molecular formula is C14H11N3O3. The van der Waals surface area contributed by atoms with Gasteiger partial charge in [0.25, 0.3) is 0 Å². The molecule has 0 aliphatic heterocycles. The lowest BCUT2D eigenvalue weighted by molar-refractivity contribution is 0.0462. The van der Waals surface area contributed by atoms with Crippen LogP contribution in [0.15, 0.2) is 47.3 Å². The molecule has 100 valence electrons. The van der Waals surface area contributed by atoms with Gasteiger partial charge in [-0.1, -0.05) is 12.1 Å². The van der Waals surface area contributed by atoms with Gasteiger partial charge in [-0.3, -0.25) is 0 Å². The minimum atomic E-state index is -0.492. The number of furan rings is 1. The summed E-state index contributed by atoms with van der Waals surface area (Å²) in [5, 5.41) is 0.775. The van der Waals surface area contributed by atoms with Crippen LogP contribution in [0.2, 0.25) is 0 Å². The first-order chi connectivity index (χ1) is 9.74. The number of rotatable bonds is 3. The number of para-hydroxylation sites is 1. The molecule has 2 aromatic heterocycles. The van der Waals surface area contributed by atoms with Crippen molar-refractivity contribution in [1.82, 2.24) is 9.97 Å². The van der Waals surface area contributed by atoms with Gasteiger partial charge in [0, 0.05) is 5.39 Å². The Kier molecular flexibility index (Phi) is 3.04. The largest absolute Gasteiger partial charge is 0.472 e. The minimum absolute atomic E-state index is 0.0426. The topological polar surface area (TPSA) is 91.2 Å². The third-order valence-electron chi connectivity index (χ3n) is 2.77. The molecule has 3 rings (SSSR count). The van der Waals surface area contributed by atoms with E-state index in [1.165, 1.54) is 18.6 Å². The van der Waals surface area contributed by atoms with Gasteiger partial charge in [-0.05, 0) is 18.2 Å². The Balaban J connectivity index is 1.79. The molecule has 0 aliphatic carbocycles. The summed E-state index contributed by atoms with van der Waals surface area (Å²) in [6, 6.07) is 8.91. The number of carbonyl (C=O) groups excluding carboxylic acids is 1. The van der Waals surface area contributed by atoms with E-state index in [2.05, 4.69) is 9.97 Å². The second-order valence-electron chi connectivity index (χ2n) is 4.13. The van der Waals surface area contributed by atoms with Crippen molar-refractivity contribution in [3.8, 4) is 0 Å². The highest BCUT2D eigenvalue weighted by molar-refractivity contribution is 5.89. The van der Waals surface area contributed by atoms with Crippen LogP contribution >= 0.6 is 0 Å². The van der Waals surface area contributed by atoms with Gasteiger partial charge in [-0.15, -0.1) is 0 Å². The normalized spacial score (nSPS) is 10.6. The molecule has 0 fully saturated rings. The fourth-order valence-corrected chi connectivity index (χ4v) is 1.81. The Morgan fingerprint density at radius 1 is 1.25 bits per heavy atom. The molecule has 2 heterocycles. The van der Waals surface area contributed by atoms with Crippen LogP contribution < -0.4 is 5.73 Å². The van der Waals surface area contributed by atoms with Crippen molar-refractivity contribution >= 4 is 22.7 Å². The monoisotopic (exact) mass is 269 g/mol. The third-order valence-corrected chi connectivity index (χ3v) is 2.77. The summed E-state index contributed by atoms with van der Waals surface area (Å²) in [5.41, 5.74) is 6.91. The molecule has 0 spiro atoms. The molecule has 0 atom stereocenters. The Bertz CT molecular complexity index is 753. The molecule has 6 heteroatoms. The lowest BCUT2D eigenvalue weighted by Crippen LogP contribution is -2.08. The van der Waals surface area contributed by atoms with Gasteiger partial charge in [-0.25, -0.2) is 14.8 Å². The number of anilines is 1. The van der Waals surface area contributed by atoms with Crippen LogP contribution in [-0.4, -0.2) is 15.9 Å². The van der Waals surface area contributed by atoms with E-state index < -0.39 is 5.97 Å². The van der Waals surface area contributed by atoms with Crippen molar-refractivity contribution in [1.29, 1.82) is 0 Å². The maximum absolute atomic E-state index is 11.7. The van der Waals surface area contributed by atoms with E-state index in [-0.39, 0.29) is 6.61 Å². The smallest absolute Gasteiger partial charge is 0.341 e. The van der Waals surface area contributed by atoms with Gasteiger partial charge >= 0.3 is 5.97 Å². The lowest BCUT2D eigenvalue weighted by Gasteiger charge is -2.05. The first-order valence-corrected chi connectivity index (χ1v) is 5.94. The SMILES string of the molecule is Nc1nc(COC(=O)c2ccoc2)nc2ccccc12. The Morgan fingerprint density at radius 3 is 2.90 bits per heavy atom. The Labute approximate surface area is 114 Å². The fraction of sp³-hybridized carbons (Fsp3) is 0.0714. The van der Waals surface area contributed by atoms with Gasteiger partial charge in [0.05, 0.1) is 17.3 Å². The zero-order valence-electron chi connectivity index (χ0n) is 10.4. The molecule has 0 amide bonds. The summed E-state index contributed by atoms with van der Waals surface area (Å²) < 4.78 is 9.91. The number of aromatic nitrogens is 2. The summed E-state index contributed by atoms with van der Waals surface area (Å²) in [6.45, 7) is -0.0426. The first-order valence-electron chi connectivity index (χ1n) is 5.94. The highest BCUT2D eigenvalue weighted by atomic mass is 16.5. The van der Waals surface area contributed by atoms with Crippen LogP contribution in [0.4, 0.5) is 5.82 Å². The summed E-state index contributed by atoms with van der Waals surface area (Å²) >= 11 is 0. The number of nitrogens with two attached hydrogens (primary N) is 1. The zero-order chi connectivity index (χ0) is 13.9. The Hall–Kier alpha value is -2.89. The van der Waals surface area contributed by atoms with E-state index in [4.69, 9.17) is 14.9 Å². The van der Waals surface area contributed by atoms with E-state index in [9.17, 15) is 4.79 Å². The molecule has 0 radical (unpaired) electrons.